The number of piperazine rings is 1. The van der Waals surface area contributed by atoms with Gasteiger partial charge in [0.15, 0.2) is 0 Å². The van der Waals surface area contributed by atoms with Gasteiger partial charge in [0.2, 0.25) is 15.9 Å². The van der Waals surface area contributed by atoms with E-state index in [0.717, 1.165) is 0 Å². The smallest absolute Gasteiger partial charge is 0.243 e. The van der Waals surface area contributed by atoms with Gasteiger partial charge in [0.05, 0.1) is 10.9 Å². The third kappa shape index (κ3) is 4.88. The number of sulfonamides is 1. The van der Waals surface area contributed by atoms with Crippen molar-refractivity contribution in [3.63, 3.8) is 0 Å². The largest absolute Gasteiger partial charge is 0.326 e. The Morgan fingerprint density at radius 3 is 2.61 bits per heavy atom. The second-order valence-corrected chi connectivity index (χ2v) is 8.21. The first kappa shape index (κ1) is 22.3. The van der Waals surface area contributed by atoms with Gasteiger partial charge in [0.25, 0.3) is 0 Å². The van der Waals surface area contributed by atoms with Crippen LogP contribution in [0.3, 0.4) is 0 Å². The zero-order valence-corrected chi connectivity index (χ0v) is 17.0. The van der Waals surface area contributed by atoms with Gasteiger partial charge in [0, 0.05) is 31.7 Å². The highest BCUT2D eigenvalue weighted by molar-refractivity contribution is 7.89. The van der Waals surface area contributed by atoms with Gasteiger partial charge in [-0.1, -0.05) is 19.1 Å². The number of carbonyl (C=O) groups excluding carboxylic acids is 1. The van der Waals surface area contributed by atoms with Gasteiger partial charge >= 0.3 is 0 Å². The quantitative estimate of drug-likeness (QED) is 0.769. The highest BCUT2D eigenvalue weighted by Crippen LogP contribution is 2.29. The van der Waals surface area contributed by atoms with Crippen molar-refractivity contribution in [2.45, 2.75) is 24.3 Å². The molecule has 0 aromatic heterocycles. The van der Waals surface area contributed by atoms with Gasteiger partial charge < -0.3 is 10.6 Å². The predicted molar refractivity (Wildman–Crippen MR) is 109 cm³/mol. The van der Waals surface area contributed by atoms with Crippen molar-refractivity contribution in [3.8, 4) is 0 Å². The Morgan fingerprint density at radius 1 is 1.25 bits per heavy atom. The van der Waals surface area contributed by atoms with Crippen molar-refractivity contribution in [2.24, 2.45) is 0 Å². The van der Waals surface area contributed by atoms with E-state index in [1.54, 1.807) is 31.2 Å². The lowest BCUT2D eigenvalue weighted by Gasteiger charge is -2.35. The molecule has 6 nitrogen and oxygen atoms in total. The highest BCUT2D eigenvalue weighted by atomic mass is 35.5. The minimum absolute atomic E-state index is 0. The summed E-state index contributed by atoms with van der Waals surface area (Å²) in [4.78, 5) is 11.6. The molecule has 0 saturated carbocycles. The Labute approximate surface area is 170 Å². The number of anilines is 1. The minimum atomic E-state index is -3.76. The fourth-order valence-corrected chi connectivity index (χ4v) is 4.68. The van der Waals surface area contributed by atoms with Crippen molar-refractivity contribution >= 4 is 34.0 Å². The van der Waals surface area contributed by atoms with Crippen LogP contribution in [-0.4, -0.2) is 38.3 Å². The molecule has 1 fully saturated rings. The van der Waals surface area contributed by atoms with Crippen molar-refractivity contribution in [1.29, 1.82) is 0 Å². The summed E-state index contributed by atoms with van der Waals surface area (Å²) in [5.41, 5.74) is 1.15. The monoisotopic (exact) mass is 427 g/mol. The van der Waals surface area contributed by atoms with Crippen LogP contribution in [0.4, 0.5) is 10.1 Å². The van der Waals surface area contributed by atoms with Gasteiger partial charge in [-0.2, -0.15) is 4.31 Å². The van der Waals surface area contributed by atoms with Crippen molar-refractivity contribution in [3.05, 3.63) is 59.9 Å². The van der Waals surface area contributed by atoms with E-state index in [1.807, 2.05) is 0 Å². The van der Waals surface area contributed by atoms with E-state index in [9.17, 15) is 17.6 Å². The first-order chi connectivity index (χ1) is 12.9. The van der Waals surface area contributed by atoms with E-state index in [1.165, 1.54) is 28.6 Å². The molecule has 1 atom stereocenters. The summed E-state index contributed by atoms with van der Waals surface area (Å²) in [6.45, 7) is 2.96. The standard InChI is InChI=1S/C19H22FN3O3S.ClH/c1-2-19(24)22-16-6-8-17(9-7-16)27(25,26)23-11-10-21-13-18(23)14-4-3-5-15(20)12-14;/h3-9,12,18,21H,2,10-11,13H2,1H3,(H,22,24);1H. The Kier molecular flexibility index (Phi) is 7.54. The summed E-state index contributed by atoms with van der Waals surface area (Å²) in [7, 11) is -3.76. The van der Waals surface area contributed by atoms with E-state index >= 15 is 0 Å². The summed E-state index contributed by atoms with van der Waals surface area (Å²) < 4.78 is 41.3. The Hall–Kier alpha value is -2.00. The van der Waals surface area contributed by atoms with Crippen LogP contribution < -0.4 is 10.6 Å². The number of rotatable bonds is 5. The molecule has 2 aromatic rings. The van der Waals surface area contributed by atoms with Crippen LogP contribution >= 0.6 is 12.4 Å². The van der Waals surface area contributed by atoms with Crippen LogP contribution in [0, 0.1) is 5.82 Å². The zero-order valence-electron chi connectivity index (χ0n) is 15.4. The Bertz CT molecular complexity index is 922. The SMILES string of the molecule is CCC(=O)Nc1ccc(S(=O)(=O)N2CCNCC2c2cccc(F)c2)cc1.Cl. The van der Waals surface area contributed by atoms with E-state index < -0.39 is 21.9 Å². The van der Waals surface area contributed by atoms with Crippen LogP contribution in [0.5, 0.6) is 0 Å². The molecular formula is C19H23ClFN3O3S. The maximum absolute atomic E-state index is 13.6. The lowest BCUT2D eigenvalue weighted by Crippen LogP contribution is -2.48. The Balaban J connectivity index is 0.00000280. The Morgan fingerprint density at radius 2 is 1.96 bits per heavy atom. The molecule has 1 aliphatic heterocycles. The maximum Gasteiger partial charge on any atom is 0.243 e. The van der Waals surface area contributed by atoms with Crippen molar-refractivity contribution in [1.82, 2.24) is 9.62 Å². The fraction of sp³-hybridized carbons (Fsp3) is 0.316. The first-order valence-corrected chi connectivity index (χ1v) is 10.2. The molecule has 0 aliphatic carbocycles. The second-order valence-electron chi connectivity index (χ2n) is 6.32. The zero-order chi connectivity index (χ0) is 19.4. The predicted octanol–water partition coefficient (Wildman–Crippen LogP) is 2.93. The molecule has 1 amide bonds. The number of hydrogen-bond donors (Lipinski definition) is 2. The van der Waals surface area contributed by atoms with Crippen LogP contribution in [0.15, 0.2) is 53.4 Å². The van der Waals surface area contributed by atoms with E-state index in [2.05, 4.69) is 10.6 Å². The average molecular weight is 428 g/mol. The summed E-state index contributed by atoms with van der Waals surface area (Å²) in [5, 5.41) is 5.86. The van der Waals surface area contributed by atoms with Gasteiger partial charge in [-0.15, -0.1) is 12.4 Å². The maximum atomic E-state index is 13.6. The van der Waals surface area contributed by atoms with Gasteiger partial charge in [-0.25, -0.2) is 12.8 Å². The molecule has 2 aromatic carbocycles. The summed E-state index contributed by atoms with van der Waals surface area (Å²) >= 11 is 0. The molecule has 1 heterocycles. The molecule has 0 spiro atoms. The molecule has 1 saturated heterocycles. The third-order valence-electron chi connectivity index (χ3n) is 4.49. The van der Waals surface area contributed by atoms with Crippen molar-refractivity contribution in [2.75, 3.05) is 25.0 Å². The molecule has 152 valence electrons. The topological polar surface area (TPSA) is 78.5 Å². The number of nitrogens with one attached hydrogen (secondary N) is 2. The molecule has 1 unspecified atom stereocenters. The van der Waals surface area contributed by atoms with E-state index in [-0.39, 0.29) is 29.8 Å². The fourth-order valence-electron chi connectivity index (χ4n) is 3.07. The third-order valence-corrected chi connectivity index (χ3v) is 6.42. The van der Waals surface area contributed by atoms with Crippen LogP contribution in [0.25, 0.3) is 0 Å². The van der Waals surface area contributed by atoms with Crippen molar-refractivity contribution < 1.29 is 17.6 Å². The van der Waals surface area contributed by atoms with Gasteiger partial charge in [-0.05, 0) is 42.0 Å². The van der Waals surface area contributed by atoms with Gasteiger partial charge in [0.1, 0.15) is 5.82 Å². The van der Waals surface area contributed by atoms with E-state index in [0.29, 0.717) is 30.8 Å². The molecule has 0 bridgehead atoms. The van der Waals surface area contributed by atoms with E-state index in [4.69, 9.17) is 0 Å². The molecule has 1 aliphatic rings. The molecule has 28 heavy (non-hydrogen) atoms. The van der Waals surface area contributed by atoms with Gasteiger partial charge in [-0.3, -0.25) is 4.79 Å². The molecule has 2 N–H and O–H groups in total. The highest BCUT2D eigenvalue weighted by Gasteiger charge is 2.34. The first-order valence-electron chi connectivity index (χ1n) is 8.79. The molecule has 3 rings (SSSR count). The average Bonchev–Trinajstić information content (AvgIpc) is 2.68. The number of nitrogens with zero attached hydrogens (tertiary/aromatic N) is 1. The molecular weight excluding hydrogens is 405 g/mol. The second kappa shape index (κ2) is 9.47. The lowest BCUT2D eigenvalue weighted by atomic mass is 10.1. The van der Waals surface area contributed by atoms with Crippen LogP contribution in [-0.2, 0) is 14.8 Å². The minimum Gasteiger partial charge on any atom is -0.326 e. The number of halogens is 2. The lowest BCUT2D eigenvalue weighted by molar-refractivity contribution is -0.115. The number of amides is 1. The van der Waals surface area contributed by atoms with Crippen LogP contribution in [0.1, 0.15) is 24.9 Å². The molecule has 0 radical (unpaired) electrons. The summed E-state index contributed by atoms with van der Waals surface area (Å²) in [6, 6.07) is 11.6. The summed E-state index contributed by atoms with van der Waals surface area (Å²) in [5.74, 6) is -0.537. The summed E-state index contributed by atoms with van der Waals surface area (Å²) in [6.07, 6.45) is 0.343. The molecule has 9 heteroatoms. The normalized spacial score (nSPS) is 17.6. The number of benzene rings is 2. The number of hydrogen-bond acceptors (Lipinski definition) is 4. The van der Waals surface area contributed by atoms with Crippen LogP contribution in [0.2, 0.25) is 0 Å². The number of carbonyl (C=O) groups is 1.